The molecule has 0 aromatic heterocycles. The van der Waals surface area contributed by atoms with Crippen molar-refractivity contribution >= 4 is 0 Å². The molecule has 4 N–H and O–H groups in total. The van der Waals surface area contributed by atoms with Crippen LogP contribution in [0.5, 0.6) is 0 Å². The molecule has 1 unspecified atom stereocenters. The smallest absolute Gasteiger partial charge is 0.0275 e. The topological polar surface area (TPSA) is 52.0 Å². The maximum absolute atomic E-state index is 5.96. The molecule has 2 heteroatoms. The summed E-state index contributed by atoms with van der Waals surface area (Å²) < 4.78 is 0. The maximum Gasteiger partial charge on any atom is 0.0275 e. The second-order valence-electron chi connectivity index (χ2n) is 3.02. The van der Waals surface area contributed by atoms with Gasteiger partial charge in [-0.15, -0.1) is 0 Å². The van der Waals surface area contributed by atoms with E-state index in [2.05, 4.69) is 13.8 Å². The highest BCUT2D eigenvalue weighted by Crippen LogP contribution is 2.13. The van der Waals surface area contributed by atoms with E-state index in [9.17, 15) is 0 Å². The van der Waals surface area contributed by atoms with E-state index in [4.69, 9.17) is 11.5 Å². The number of hydrogen-bond donors (Lipinski definition) is 2. The molecule has 0 aliphatic carbocycles. The largest absolute Gasteiger partial charge is 0.329 e. The van der Waals surface area contributed by atoms with Crippen LogP contribution in [-0.2, 0) is 0 Å². The van der Waals surface area contributed by atoms with E-state index in [1.54, 1.807) is 0 Å². The van der Waals surface area contributed by atoms with Crippen molar-refractivity contribution in [1.82, 2.24) is 0 Å². The summed E-state index contributed by atoms with van der Waals surface area (Å²) in [7, 11) is 0. The molecule has 0 radical (unpaired) electrons. The van der Waals surface area contributed by atoms with Gasteiger partial charge in [-0.05, 0) is 12.8 Å². The third-order valence-corrected chi connectivity index (χ3v) is 2.14. The van der Waals surface area contributed by atoms with Crippen LogP contribution in [0.2, 0.25) is 0 Å². The van der Waals surface area contributed by atoms with Crippen molar-refractivity contribution < 1.29 is 0 Å². The first-order chi connectivity index (χ1) is 4.68. The molecule has 0 aliphatic heterocycles. The fourth-order valence-corrected chi connectivity index (χ4v) is 0.952. The molecule has 0 saturated carbocycles. The van der Waals surface area contributed by atoms with E-state index < -0.39 is 0 Å². The highest BCUT2D eigenvalue weighted by Gasteiger charge is 2.18. The Bertz CT molecular complexity index is 77.3. The van der Waals surface area contributed by atoms with Gasteiger partial charge in [-0.3, -0.25) is 0 Å². The highest BCUT2D eigenvalue weighted by atomic mass is 14.8. The molecule has 0 amide bonds. The lowest BCUT2D eigenvalue weighted by molar-refractivity contribution is 0.377. The van der Waals surface area contributed by atoms with E-state index in [-0.39, 0.29) is 5.54 Å². The normalized spacial score (nSPS) is 16.8. The summed E-state index contributed by atoms with van der Waals surface area (Å²) in [4.78, 5) is 0. The van der Waals surface area contributed by atoms with Gasteiger partial charge in [0.05, 0.1) is 0 Å². The van der Waals surface area contributed by atoms with E-state index in [0.717, 1.165) is 12.8 Å². The number of rotatable bonds is 5. The summed E-state index contributed by atoms with van der Waals surface area (Å²) in [5, 5.41) is 0. The lowest BCUT2D eigenvalue weighted by Gasteiger charge is -2.25. The first-order valence-corrected chi connectivity index (χ1v) is 4.17. The quantitative estimate of drug-likeness (QED) is 0.610. The molecule has 2 nitrogen and oxygen atoms in total. The molecule has 0 rings (SSSR count). The van der Waals surface area contributed by atoms with Crippen LogP contribution in [-0.4, -0.2) is 12.1 Å². The minimum absolute atomic E-state index is 0.0873. The third kappa shape index (κ3) is 3.18. The zero-order valence-corrected chi connectivity index (χ0v) is 7.19. The van der Waals surface area contributed by atoms with Gasteiger partial charge in [0.2, 0.25) is 0 Å². The molecular formula is C8H20N2. The minimum Gasteiger partial charge on any atom is -0.329 e. The molecule has 0 heterocycles. The Hall–Kier alpha value is -0.0800. The molecule has 0 spiro atoms. The molecule has 1 atom stereocenters. The number of unbranched alkanes of at least 4 members (excludes halogenated alkanes) is 1. The molecule has 10 heavy (non-hydrogen) atoms. The third-order valence-electron chi connectivity index (χ3n) is 2.14. The van der Waals surface area contributed by atoms with Crippen LogP contribution >= 0.6 is 0 Å². The fourth-order valence-electron chi connectivity index (χ4n) is 0.952. The number of nitrogens with two attached hydrogens (primary N) is 2. The predicted molar refractivity (Wildman–Crippen MR) is 45.8 cm³/mol. The summed E-state index contributed by atoms with van der Waals surface area (Å²) in [6, 6.07) is 0. The van der Waals surface area contributed by atoms with Crippen LogP contribution in [0.3, 0.4) is 0 Å². The summed E-state index contributed by atoms with van der Waals surface area (Å²) in [6.07, 6.45) is 4.46. The molecule has 0 aliphatic rings. The van der Waals surface area contributed by atoms with Crippen molar-refractivity contribution in [2.24, 2.45) is 11.5 Å². The zero-order chi connectivity index (χ0) is 8.04. The van der Waals surface area contributed by atoms with E-state index >= 15 is 0 Å². The van der Waals surface area contributed by atoms with Crippen LogP contribution < -0.4 is 11.5 Å². The summed E-state index contributed by atoms with van der Waals surface area (Å²) in [5.74, 6) is 0. The van der Waals surface area contributed by atoms with Gasteiger partial charge in [0, 0.05) is 12.1 Å². The number of hydrogen-bond acceptors (Lipinski definition) is 2. The van der Waals surface area contributed by atoms with Gasteiger partial charge in [0.1, 0.15) is 0 Å². The van der Waals surface area contributed by atoms with Gasteiger partial charge in [0.15, 0.2) is 0 Å². The first kappa shape index (κ1) is 9.92. The van der Waals surface area contributed by atoms with Crippen molar-refractivity contribution in [2.45, 2.75) is 45.1 Å². The molecule has 0 aromatic carbocycles. The average Bonchev–Trinajstić information content (AvgIpc) is 2.00. The van der Waals surface area contributed by atoms with Crippen molar-refractivity contribution in [1.29, 1.82) is 0 Å². The molecule has 0 bridgehead atoms. The van der Waals surface area contributed by atoms with Gasteiger partial charge < -0.3 is 11.5 Å². The minimum atomic E-state index is -0.0873. The van der Waals surface area contributed by atoms with E-state index in [0.29, 0.717) is 6.54 Å². The van der Waals surface area contributed by atoms with Crippen molar-refractivity contribution in [3.63, 3.8) is 0 Å². The Balaban J connectivity index is 3.58. The molecular weight excluding hydrogens is 124 g/mol. The van der Waals surface area contributed by atoms with Crippen LogP contribution in [0, 0.1) is 0 Å². The SMILES string of the molecule is CCCCC(N)(CC)CN. The maximum atomic E-state index is 5.96. The standard InChI is InChI=1S/C8H20N2/c1-3-5-6-8(10,4-2)7-9/h3-7,9-10H2,1-2H3. The predicted octanol–water partition coefficient (Wildman–Crippen LogP) is 1.24. The van der Waals surface area contributed by atoms with Gasteiger partial charge >= 0.3 is 0 Å². The second-order valence-corrected chi connectivity index (χ2v) is 3.02. The first-order valence-electron chi connectivity index (χ1n) is 4.17. The summed E-state index contributed by atoms with van der Waals surface area (Å²) >= 11 is 0. The Morgan fingerprint density at radius 1 is 1.30 bits per heavy atom. The van der Waals surface area contributed by atoms with Gasteiger partial charge in [0.25, 0.3) is 0 Å². The molecule has 62 valence electrons. The molecule has 0 fully saturated rings. The van der Waals surface area contributed by atoms with E-state index in [1.165, 1.54) is 12.8 Å². The monoisotopic (exact) mass is 144 g/mol. The lowest BCUT2D eigenvalue weighted by Crippen LogP contribution is -2.46. The van der Waals surface area contributed by atoms with Crippen LogP contribution in [0.1, 0.15) is 39.5 Å². The zero-order valence-electron chi connectivity index (χ0n) is 7.19. The van der Waals surface area contributed by atoms with Crippen LogP contribution in [0.4, 0.5) is 0 Å². The van der Waals surface area contributed by atoms with Crippen molar-refractivity contribution in [2.75, 3.05) is 6.54 Å². The summed E-state index contributed by atoms with van der Waals surface area (Å²) in [5.41, 5.74) is 11.4. The Kier molecular flexibility index (Phi) is 4.65. The van der Waals surface area contributed by atoms with Crippen LogP contribution in [0.15, 0.2) is 0 Å². The van der Waals surface area contributed by atoms with Gasteiger partial charge in [-0.1, -0.05) is 26.7 Å². The van der Waals surface area contributed by atoms with Crippen molar-refractivity contribution in [3.8, 4) is 0 Å². The molecule has 0 saturated heterocycles. The average molecular weight is 144 g/mol. The lowest BCUT2D eigenvalue weighted by atomic mass is 9.91. The summed E-state index contributed by atoms with van der Waals surface area (Å²) in [6.45, 7) is 4.89. The second kappa shape index (κ2) is 4.69. The van der Waals surface area contributed by atoms with Crippen molar-refractivity contribution in [3.05, 3.63) is 0 Å². The van der Waals surface area contributed by atoms with Gasteiger partial charge in [-0.2, -0.15) is 0 Å². The van der Waals surface area contributed by atoms with E-state index in [1.807, 2.05) is 0 Å². The highest BCUT2D eigenvalue weighted by molar-refractivity contribution is 4.82. The Morgan fingerprint density at radius 3 is 2.20 bits per heavy atom. The van der Waals surface area contributed by atoms with Crippen LogP contribution in [0.25, 0.3) is 0 Å². The van der Waals surface area contributed by atoms with Gasteiger partial charge in [-0.25, -0.2) is 0 Å². The Labute approximate surface area is 64.0 Å². The fraction of sp³-hybridized carbons (Fsp3) is 1.00. The Morgan fingerprint density at radius 2 is 1.90 bits per heavy atom. The molecule has 0 aromatic rings.